The quantitative estimate of drug-likeness (QED) is 0.766. The van der Waals surface area contributed by atoms with Gasteiger partial charge in [0, 0.05) is 31.6 Å². The fourth-order valence-electron chi connectivity index (χ4n) is 2.79. The molecule has 19 heavy (non-hydrogen) atoms. The summed E-state index contributed by atoms with van der Waals surface area (Å²) in [6, 6.07) is 0.589. The van der Waals surface area contributed by atoms with Crippen LogP contribution in [-0.2, 0) is 9.53 Å². The molecular weight excluding hydrogens is 242 g/mol. The van der Waals surface area contributed by atoms with Crippen molar-refractivity contribution in [2.45, 2.75) is 38.8 Å². The first-order chi connectivity index (χ1) is 9.16. The summed E-state index contributed by atoms with van der Waals surface area (Å²) in [5.74, 6) is 0.393. The largest absolute Gasteiger partial charge is 0.374 e. The van der Waals surface area contributed by atoms with E-state index in [0.717, 1.165) is 45.6 Å². The van der Waals surface area contributed by atoms with Crippen LogP contribution in [0.3, 0.4) is 0 Å². The molecule has 0 unspecified atom stereocenters. The van der Waals surface area contributed by atoms with E-state index in [2.05, 4.69) is 29.4 Å². The molecule has 0 saturated carbocycles. The van der Waals surface area contributed by atoms with Crippen molar-refractivity contribution in [3.8, 4) is 0 Å². The van der Waals surface area contributed by atoms with Crippen molar-refractivity contribution in [3.05, 3.63) is 0 Å². The predicted octanol–water partition coefficient (Wildman–Crippen LogP) is 0.211. The van der Waals surface area contributed by atoms with Crippen molar-refractivity contribution in [3.63, 3.8) is 0 Å². The van der Waals surface area contributed by atoms with E-state index in [9.17, 15) is 4.79 Å². The summed E-state index contributed by atoms with van der Waals surface area (Å²) in [6.07, 6.45) is 2.09. The van der Waals surface area contributed by atoms with Gasteiger partial charge in [0.2, 0.25) is 5.91 Å². The van der Waals surface area contributed by atoms with Gasteiger partial charge < -0.3 is 20.3 Å². The highest BCUT2D eigenvalue weighted by atomic mass is 16.5. The lowest BCUT2D eigenvalue weighted by molar-refractivity contribution is -0.127. The molecule has 2 aliphatic heterocycles. The number of morpholine rings is 1. The van der Waals surface area contributed by atoms with Crippen molar-refractivity contribution in [1.82, 2.24) is 15.5 Å². The predicted molar refractivity (Wildman–Crippen MR) is 75.1 cm³/mol. The third-order valence-corrected chi connectivity index (χ3v) is 4.14. The van der Waals surface area contributed by atoms with Crippen molar-refractivity contribution < 1.29 is 9.53 Å². The molecule has 110 valence electrons. The van der Waals surface area contributed by atoms with Crippen molar-refractivity contribution in [2.24, 2.45) is 5.92 Å². The monoisotopic (exact) mass is 269 g/mol. The second kappa shape index (κ2) is 7.22. The zero-order valence-electron chi connectivity index (χ0n) is 12.2. The first-order valence-electron chi connectivity index (χ1n) is 7.51. The van der Waals surface area contributed by atoms with Crippen molar-refractivity contribution >= 4 is 5.91 Å². The van der Waals surface area contributed by atoms with E-state index < -0.39 is 0 Å². The third-order valence-electron chi connectivity index (χ3n) is 4.14. The maximum absolute atomic E-state index is 12.1. The Kier molecular flexibility index (Phi) is 5.60. The number of hydrogen-bond acceptors (Lipinski definition) is 4. The Hall–Kier alpha value is -0.650. The minimum absolute atomic E-state index is 0.133. The van der Waals surface area contributed by atoms with Crippen LogP contribution in [0.5, 0.6) is 0 Å². The van der Waals surface area contributed by atoms with Crippen molar-refractivity contribution in [2.75, 3.05) is 39.3 Å². The molecule has 0 aromatic carbocycles. The highest BCUT2D eigenvalue weighted by Crippen LogP contribution is 2.18. The summed E-state index contributed by atoms with van der Waals surface area (Å²) < 4.78 is 5.58. The number of carbonyl (C=O) groups is 1. The second-order valence-electron chi connectivity index (χ2n) is 5.85. The van der Waals surface area contributed by atoms with Crippen LogP contribution in [0.15, 0.2) is 0 Å². The molecule has 2 fully saturated rings. The maximum atomic E-state index is 12.1. The Bertz CT molecular complexity index is 282. The van der Waals surface area contributed by atoms with E-state index in [1.807, 2.05) is 0 Å². The van der Waals surface area contributed by atoms with Crippen LogP contribution in [0.4, 0.5) is 0 Å². The molecule has 0 aromatic rings. The lowest BCUT2D eigenvalue weighted by Crippen LogP contribution is -2.48. The highest BCUT2D eigenvalue weighted by Gasteiger charge is 2.26. The molecule has 1 amide bonds. The van der Waals surface area contributed by atoms with Gasteiger partial charge in [0.1, 0.15) is 0 Å². The number of hydrogen-bond donors (Lipinski definition) is 2. The summed E-state index contributed by atoms with van der Waals surface area (Å²) in [6.45, 7) is 9.64. The van der Waals surface area contributed by atoms with Crippen LogP contribution >= 0.6 is 0 Å². The van der Waals surface area contributed by atoms with Crippen LogP contribution in [-0.4, -0.2) is 62.3 Å². The Balaban J connectivity index is 1.66. The summed E-state index contributed by atoms with van der Waals surface area (Å²) in [5.41, 5.74) is 0. The topological polar surface area (TPSA) is 53.6 Å². The maximum Gasteiger partial charge on any atom is 0.223 e. The number of amides is 1. The minimum atomic E-state index is 0.133. The Morgan fingerprint density at radius 2 is 2.16 bits per heavy atom. The van der Waals surface area contributed by atoms with Gasteiger partial charge in [-0.1, -0.05) is 0 Å². The van der Waals surface area contributed by atoms with Gasteiger partial charge in [-0.2, -0.15) is 0 Å². The molecule has 2 saturated heterocycles. The van der Waals surface area contributed by atoms with E-state index in [1.165, 1.54) is 0 Å². The number of likely N-dealkylation sites (tertiary alicyclic amines) is 1. The van der Waals surface area contributed by atoms with Crippen LogP contribution in [0.1, 0.15) is 26.7 Å². The van der Waals surface area contributed by atoms with Gasteiger partial charge in [-0.05, 0) is 39.8 Å². The molecule has 2 aliphatic rings. The van der Waals surface area contributed by atoms with E-state index in [-0.39, 0.29) is 17.9 Å². The molecule has 0 bridgehead atoms. The number of nitrogens with one attached hydrogen (secondary N) is 2. The molecule has 0 aliphatic carbocycles. The van der Waals surface area contributed by atoms with Crippen LogP contribution in [0.25, 0.3) is 0 Å². The van der Waals surface area contributed by atoms with Gasteiger partial charge in [0.25, 0.3) is 0 Å². The van der Waals surface area contributed by atoms with Gasteiger partial charge >= 0.3 is 0 Å². The summed E-state index contributed by atoms with van der Waals surface area (Å²) in [7, 11) is 0. The summed E-state index contributed by atoms with van der Waals surface area (Å²) in [4.78, 5) is 14.6. The molecule has 2 rings (SSSR count). The standard InChI is InChI=1S/C14H27N3O2/c1-11(2)17-6-3-12(4-7-17)14(18)16-10-13-9-15-5-8-19-13/h11-13,15H,3-10H2,1-2H3,(H,16,18)/t13-/m1/s1. The van der Waals surface area contributed by atoms with Gasteiger partial charge in [-0.3, -0.25) is 4.79 Å². The molecule has 0 aromatic heterocycles. The molecule has 0 spiro atoms. The van der Waals surface area contributed by atoms with Gasteiger partial charge in [-0.15, -0.1) is 0 Å². The zero-order valence-corrected chi connectivity index (χ0v) is 12.2. The van der Waals surface area contributed by atoms with Gasteiger partial charge in [0.15, 0.2) is 0 Å². The summed E-state index contributed by atoms with van der Waals surface area (Å²) in [5, 5.41) is 6.32. The average molecular weight is 269 g/mol. The zero-order chi connectivity index (χ0) is 13.7. The number of nitrogens with zero attached hydrogens (tertiary/aromatic N) is 1. The Labute approximate surface area is 116 Å². The van der Waals surface area contributed by atoms with Crippen LogP contribution in [0, 0.1) is 5.92 Å². The third kappa shape index (κ3) is 4.44. The lowest BCUT2D eigenvalue weighted by Gasteiger charge is -2.34. The van der Waals surface area contributed by atoms with Gasteiger partial charge in [-0.25, -0.2) is 0 Å². The molecule has 0 radical (unpaired) electrons. The fourth-order valence-corrected chi connectivity index (χ4v) is 2.79. The lowest BCUT2D eigenvalue weighted by atomic mass is 9.95. The molecule has 5 heteroatoms. The smallest absolute Gasteiger partial charge is 0.223 e. The van der Waals surface area contributed by atoms with Crippen LogP contribution < -0.4 is 10.6 Å². The SMILES string of the molecule is CC(C)N1CCC(C(=O)NC[C@H]2CNCCO2)CC1. The molecular formula is C14H27N3O2. The minimum Gasteiger partial charge on any atom is -0.374 e. The number of rotatable bonds is 4. The molecule has 5 nitrogen and oxygen atoms in total. The Morgan fingerprint density at radius 1 is 1.42 bits per heavy atom. The second-order valence-corrected chi connectivity index (χ2v) is 5.85. The molecule has 2 N–H and O–H groups in total. The highest BCUT2D eigenvalue weighted by molar-refractivity contribution is 5.78. The molecule has 2 heterocycles. The van der Waals surface area contributed by atoms with E-state index >= 15 is 0 Å². The number of carbonyl (C=O) groups excluding carboxylic acids is 1. The fraction of sp³-hybridized carbons (Fsp3) is 0.929. The Morgan fingerprint density at radius 3 is 2.74 bits per heavy atom. The summed E-state index contributed by atoms with van der Waals surface area (Å²) >= 11 is 0. The van der Waals surface area contributed by atoms with E-state index in [4.69, 9.17) is 4.74 Å². The van der Waals surface area contributed by atoms with E-state index in [0.29, 0.717) is 12.6 Å². The first kappa shape index (κ1) is 14.8. The van der Waals surface area contributed by atoms with Crippen molar-refractivity contribution in [1.29, 1.82) is 0 Å². The number of ether oxygens (including phenoxy) is 1. The average Bonchev–Trinajstić information content (AvgIpc) is 2.46. The molecule has 1 atom stereocenters. The normalized spacial score (nSPS) is 26.6. The van der Waals surface area contributed by atoms with Crippen LogP contribution in [0.2, 0.25) is 0 Å². The number of piperidine rings is 1. The first-order valence-corrected chi connectivity index (χ1v) is 7.51. The van der Waals surface area contributed by atoms with E-state index in [1.54, 1.807) is 0 Å². The van der Waals surface area contributed by atoms with Gasteiger partial charge in [0.05, 0.1) is 12.7 Å².